The van der Waals surface area contributed by atoms with Gasteiger partial charge >= 0.3 is 5.69 Å². The van der Waals surface area contributed by atoms with Crippen molar-refractivity contribution in [2.24, 2.45) is 0 Å². The topological polar surface area (TPSA) is 52.4 Å². The third-order valence-electron chi connectivity index (χ3n) is 2.69. The van der Waals surface area contributed by atoms with Gasteiger partial charge in [-0.1, -0.05) is 42.0 Å². The number of nitro benzene ring substituents is 1. The molecule has 2 aromatic rings. The molecule has 0 N–H and O–H groups in total. The molecule has 0 aliphatic rings. The summed E-state index contributed by atoms with van der Waals surface area (Å²) in [6.07, 6.45) is 1.73. The maximum Gasteiger partial charge on any atom is 0.313 e. The molecule has 0 aromatic heterocycles. The molecule has 0 aliphatic carbocycles. The number of para-hydroxylation sites is 1. The van der Waals surface area contributed by atoms with Gasteiger partial charge in [-0.05, 0) is 12.5 Å². The lowest BCUT2D eigenvalue weighted by atomic mass is 10.0. The van der Waals surface area contributed by atoms with Gasteiger partial charge < -0.3 is 4.18 Å². The lowest BCUT2D eigenvalue weighted by Crippen LogP contribution is -1.94. The van der Waals surface area contributed by atoms with E-state index in [4.69, 9.17) is 4.18 Å². The summed E-state index contributed by atoms with van der Waals surface area (Å²) in [4.78, 5) is 10.6. The fraction of sp³-hybridized carbons (Fsp3) is 0.143. The van der Waals surface area contributed by atoms with Crippen molar-refractivity contribution in [3.63, 3.8) is 0 Å². The molecule has 0 fully saturated rings. The molecule has 0 spiro atoms. The van der Waals surface area contributed by atoms with Gasteiger partial charge in [-0.25, -0.2) is 0 Å². The van der Waals surface area contributed by atoms with Crippen LogP contribution in [0.15, 0.2) is 42.5 Å². The van der Waals surface area contributed by atoms with Crippen molar-refractivity contribution in [1.29, 1.82) is 0 Å². The SMILES string of the molecule is CSOc1c(-c2cccc(C)c2)cccc1[N+](=O)[O-]. The van der Waals surface area contributed by atoms with E-state index in [1.54, 1.807) is 12.3 Å². The van der Waals surface area contributed by atoms with Crippen LogP contribution in [0.3, 0.4) is 0 Å². The summed E-state index contributed by atoms with van der Waals surface area (Å²) in [7, 11) is 0. The van der Waals surface area contributed by atoms with Gasteiger partial charge in [0.15, 0.2) is 0 Å². The Bertz CT molecular complexity index is 613. The summed E-state index contributed by atoms with van der Waals surface area (Å²) in [5.74, 6) is 0.297. The molecule has 0 radical (unpaired) electrons. The number of aryl methyl sites for hydroxylation is 1. The van der Waals surface area contributed by atoms with E-state index in [9.17, 15) is 10.1 Å². The number of hydrogen-bond donors (Lipinski definition) is 0. The molecule has 0 saturated carbocycles. The molecule has 0 unspecified atom stereocenters. The Balaban J connectivity index is 2.62. The second-order valence-electron chi connectivity index (χ2n) is 4.03. The Labute approximate surface area is 115 Å². The van der Waals surface area contributed by atoms with Crippen LogP contribution in [0.4, 0.5) is 5.69 Å². The third kappa shape index (κ3) is 2.88. The summed E-state index contributed by atoms with van der Waals surface area (Å²) in [6.45, 7) is 1.98. The molecule has 98 valence electrons. The maximum atomic E-state index is 11.1. The van der Waals surface area contributed by atoms with Crippen LogP contribution in [-0.4, -0.2) is 11.2 Å². The summed E-state index contributed by atoms with van der Waals surface area (Å²) < 4.78 is 5.40. The fourth-order valence-corrected chi connectivity index (χ4v) is 2.22. The Hall–Kier alpha value is -2.01. The zero-order valence-electron chi connectivity index (χ0n) is 10.6. The smallest absolute Gasteiger partial charge is 0.313 e. The van der Waals surface area contributed by atoms with Crippen molar-refractivity contribution in [1.82, 2.24) is 0 Å². The highest BCUT2D eigenvalue weighted by Crippen LogP contribution is 2.39. The summed E-state index contributed by atoms with van der Waals surface area (Å²) in [5, 5.41) is 11.1. The van der Waals surface area contributed by atoms with Crippen LogP contribution in [0, 0.1) is 17.0 Å². The van der Waals surface area contributed by atoms with Crippen LogP contribution in [0.5, 0.6) is 5.75 Å². The molecular formula is C14H13NO3S. The van der Waals surface area contributed by atoms with Crippen LogP contribution in [-0.2, 0) is 0 Å². The Morgan fingerprint density at radius 3 is 2.58 bits per heavy atom. The minimum atomic E-state index is -0.426. The Morgan fingerprint density at radius 1 is 1.21 bits per heavy atom. The Morgan fingerprint density at radius 2 is 1.95 bits per heavy atom. The molecule has 0 bridgehead atoms. The van der Waals surface area contributed by atoms with E-state index in [2.05, 4.69) is 0 Å². The standard InChI is InChI=1S/C14H13NO3S/c1-10-5-3-6-11(9-10)12-7-4-8-13(15(16)17)14(12)18-19-2/h3-9H,1-2H3. The monoisotopic (exact) mass is 275 g/mol. The van der Waals surface area contributed by atoms with Gasteiger partial charge in [0.2, 0.25) is 5.75 Å². The second kappa shape index (κ2) is 5.75. The molecule has 0 atom stereocenters. The zero-order chi connectivity index (χ0) is 13.8. The van der Waals surface area contributed by atoms with Gasteiger partial charge in [0.25, 0.3) is 0 Å². The molecule has 2 aromatic carbocycles. The van der Waals surface area contributed by atoms with E-state index in [0.717, 1.165) is 28.7 Å². The first-order valence-corrected chi connectivity index (χ1v) is 6.83. The minimum Gasteiger partial charge on any atom is -0.418 e. The summed E-state index contributed by atoms with van der Waals surface area (Å²) in [6, 6.07) is 12.7. The van der Waals surface area contributed by atoms with E-state index in [1.807, 2.05) is 37.3 Å². The van der Waals surface area contributed by atoms with Crippen molar-refractivity contribution < 1.29 is 9.11 Å². The van der Waals surface area contributed by atoms with E-state index in [0.29, 0.717) is 5.75 Å². The van der Waals surface area contributed by atoms with Crippen LogP contribution in [0.25, 0.3) is 11.1 Å². The van der Waals surface area contributed by atoms with E-state index in [-0.39, 0.29) is 5.69 Å². The maximum absolute atomic E-state index is 11.1. The largest absolute Gasteiger partial charge is 0.418 e. The van der Waals surface area contributed by atoms with Crippen molar-refractivity contribution in [2.75, 3.05) is 6.26 Å². The number of hydrogen-bond acceptors (Lipinski definition) is 4. The highest BCUT2D eigenvalue weighted by Gasteiger charge is 2.20. The first-order chi connectivity index (χ1) is 9.13. The molecule has 0 heterocycles. The molecular weight excluding hydrogens is 262 g/mol. The minimum absolute atomic E-state index is 0.0200. The van der Waals surface area contributed by atoms with Crippen molar-refractivity contribution in [3.05, 3.63) is 58.1 Å². The average molecular weight is 275 g/mol. The Kier molecular flexibility index (Phi) is 4.06. The molecule has 0 amide bonds. The van der Waals surface area contributed by atoms with Crippen LogP contribution >= 0.6 is 12.0 Å². The van der Waals surface area contributed by atoms with Crippen LogP contribution < -0.4 is 4.18 Å². The van der Waals surface area contributed by atoms with Gasteiger partial charge in [-0.2, -0.15) is 0 Å². The average Bonchev–Trinajstić information content (AvgIpc) is 2.39. The lowest BCUT2D eigenvalue weighted by Gasteiger charge is -2.09. The van der Waals surface area contributed by atoms with Crippen LogP contribution in [0.2, 0.25) is 0 Å². The molecule has 4 nitrogen and oxygen atoms in total. The summed E-state index contributed by atoms with van der Waals surface area (Å²) in [5.41, 5.74) is 2.72. The molecule has 0 saturated heterocycles. The molecule has 19 heavy (non-hydrogen) atoms. The summed E-state index contributed by atoms with van der Waals surface area (Å²) >= 11 is 1.09. The highest BCUT2D eigenvalue weighted by atomic mass is 32.2. The zero-order valence-corrected chi connectivity index (χ0v) is 11.4. The molecule has 0 aliphatic heterocycles. The normalized spacial score (nSPS) is 10.2. The first-order valence-electron chi connectivity index (χ1n) is 5.68. The molecule has 5 heteroatoms. The number of rotatable bonds is 4. The van der Waals surface area contributed by atoms with E-state index in [1.165, 1.54) is 6.07 Å². The van der Waals surface area contributed by atoms with Gasteiger partial charge in [0, 0.05) is 17.9 Å². The first kappa shape index (κ1) is 13.4. The molecule has 2 rings (SSSR count). The number of nitrogens with zero attached hydrogens (tertiary/aromatic N) is 1. The predicted molar refractivity (Wildman–Crippen MR) is 77.4 cm³/mol. The predicted octanol–water partition coefficient (Wildman–Crippen LogP) is 4.23. The third-order valence-corrected chi connectivity index (χ3v) is 3.02. The van der Waals surface area contributed by atoms with Gasteiger partial charge in [0.05, 0.1) is 17.0 Å². The highest BCUT2D eigenvalue weighted by molar-refractivity contribution is 7.94. The van der Waals surface area contributed by atoms with E-state index < -0.39 is 4.92 Å². The second-order valence-corrected chi connectivity index (χ2v) is 4.53. The van der Waals surface area contributed by atoms with Crippen molar-refractivity contribution in [3.8, 4) is 16.9 Å². The lowest BCUT2D eigenvalue weighted by molar-refractivity contribution is -0.385. The van der Waals surface area contributed by atoms with E-state index >= 15 is 0 Å². The van der Waals surface area contributed by atoms with Gasteiger partial charge in [-0.15, -0.1) is 0 Å². The van der Waals surface area contributed by atoms with Gasteiger partial charge in [-0.3, -0.25) is 10.1 Å². The van der Waals surface area contributed by atoms with Crippen LogP contribution in [0.1, 0.15) is 5.56 Å². The quantitative estimate of drug-likeness (QED) is 0.476. The van der Waals surface area contributed by atoms with Crippen molar-refractivity contribution >= 4 is 17.7 Å². The van der Waals surface area contributed by atoms with Gasteiger partial charge in [0.1, 0.15) is 0 Å². The fourth-order valence-electron chi connectivity index (χ4n) is 1.88. The van der Waals surface area contributed by atoms with Crippen molar-refractivity contribution in [2.45, 2.75) is 6.92 Å². The number of nitro groups is 1. The number of benzene rings is 2.